The van der Waals surface area contributed by atoms with Gasteiger partial charge in [-0.05, 0) is 38.8 Å². The molecule has 0 bridgehead atoms. The third-order valence-electron chi connectivity index (χ3n) is 3.99. The lowest BCUT2D eigenvalue weighted by atomic mass is 9.98. The molecule has 19 heavy (non-hydrogen) atoms. The normalized spacial score (nSPS) is 24.1. The van der Waals surface area contributed by atoms with E-state index in [1.807, 2.05) is 12.1 Å². The first kappa shape index (κ1) is 14.1. The van der Waals surface area contributed by atoms with Crippen molar-refractivity contribution in [1.29, 1.82) is 0 Å². The number of carbonyl (C=O) groups is 1. The van der Waals surface area contributed by atoms with Gasteiger partial charge in [-0.25, -0.2) is 0 Å². The van der Waals surface area contributed by atoms with Crippen molar-refractivity contribution in [2.75, 3.05) is 13.2 Å². The average Bonchev–Trinajstić information content (AvgIpc) is 2.42. The number of rotatable bonds is 5. The summed E-state index contributed by atoms with van der Waals surface area (Å²) in [6.45, 7) is 6.22. The lowest BCUT2D eigenvalue weighted by Crippen LogP contribution is -2.45. The molecule has 1 aromatic rings. The second-order valence-corrected chi connectivity index (χ2v) is 5.41. The van der Waals surface area contributed by atoms with Crippen molar-refractivity contribution in [3.8, 4) is 5.75 Å². The molecule has 104 valence electrons. The Balaban J connectivity index is 1.83. The van der Waals surface area contributed by atoms with Gasteiger partial charge in [0.1, 0.15) is 18.6 Å². The van der Waals surface area contributed by atoms with Crippen molar-refractivity contribution < 1.29 is 9.53 Å². The van der Waals surface area contributed by atoms with Crippen LogP contribution in [0.5, 0.6) is 5.75 Å². The minimum absolute atomic E-state index is 0.647. The Bertz CT molecular complexity index is 409. The lowest BCUT2D eigenvalue weighted by molar-refractivity contribution is 0.0851. The summed E-state index contributed by atoms with van der Waals surface area (Å²) < 4.78 is 5.75. The van der Waals surface area contributed by atoms with E-state index in [1.54, 1.807) is 12.1 Å². The fourth-order valence-electron chi connectivity index (χ4n) is 2.86. The number of ether oxygens (including phenoxy) is 1. The van der Waals surface area contributed by atoms with Gasteiger partial charge in [0.25, 0.3) is 0 Å². The van der Waals surface area contributed by atoms with Gasteiger partial charge in [0.2, 0.25) is 0 Å². The van der Waals surface area contributed by atoms with E-state index in [1.165, 1.54) is 19.3 Å². The van der Waals surface area contributed by atoms with Crippen molar-refractivity contribution in [2.45, 2.75) is 45.2 Å². The summed E-state index contributed by atoms with van der Waals surface area (Å²) in [5.74, 6) is 0.780. The van der Waals surface area contributed by atoms with E-state index in [0.717, 1.165) is 18.6 Å². The molecule has 1 aliphatic rings. The van der Waals surface area contributed by atoms with Crippen LogP contribution < -0.4 is 4.74 Å². The van der Waals surface area contributed by atoms with E-state index in [9.17, 15) is 4.79 Å². The van der Waals surface area contributed by atoms with Crippen LogP contribution >= 0.6 is 0 Å². The maximum absolute atomic E-state index is 10.7. The zero-order valence-electron chi connectivity index (χ0n) is 11.8. The molecule has 0 amide bonds. The first-order chi connectivity index (χ1) is 9.20. The van der Waals surface area contributed by atoms with Crippen LogP contribution in [0.15, 0.2) is 24.3 Å². The van der Waals surface area contributed by atoms with Crippen molar-refractivity contribution in [3.63, 3.8) is 0 Å². The molecule has 1 heterocycles. The Morgan fingerprint density at radius 3 is 2.74 bits per heavy atom. The number of likely N-dealkylation sites (tertiary alicyclic amines) is 1. The Kier molecular flexibility index (Phi) is 4.97. The Hall–Kier alpha value is -1.35. The Morgan fingerprint density at radius 2 is 2.05 bits per heavy atom. The summed E-state index contributed by atoms with van der Waals surface area (Å²) in [4.78, 5) is 13.2. The van der Waals surface area contributed by atoms with E-state index < -0.39 is 0 Å². The van der Waals surface area contributed by atoms with Crippen LogP contribution in [0.1, 0.15) is 43.5 Å². The number of benzene rings is 1. The van der Waals surface area contributed by atoms with Crippen LogP contribution in [-0.4, -0.2) is 36.4 Å². The molecule has 1 fully saturated rings. The molecule has 3 nitrogen and oxygen atoms in total. The fraction of sp³-hybridized carbons (Fsp3) is 0.562. The van der Waals surface area contributed by atoms with Gasteiger partial charge < -0.3 is 4.74 Å². The maximum Gasteiger partial charge on any atom is 0.150 e. The molecule has 0 aliphatic carbocycles. The maximum atomic E-state index is 10.7. The molecule has 2 atom stereocenters. The smallest absolute Gasteiger partial charge is 0.150 e. The second-order valence-electron chi connectivity index (χ2n) is 5.41. The molecule has 1 aromatic carbocycles. The highest BCUT2D eigenvalue weighted by molar-refractivity contribution is 5.75. The summed E-state index contributed by atoms with van der Waals surface area (Å²) >= 11 is 0. The average molecular weight is 261 g/mol. The number of hydrogen-bond donors (Lipinski definition) is 0. The summed E-state index contributed by atoms with van der Waals surface area (Å²) in [6.07, 6.45) is 4.75. The van der Waals surface area contributed by atoms with Gasteiger partial charge in [-0.15, -0.1) is 0 Å². The Labute approximate surface area is 115 Å². The van der Waals surface area contributed by atoms with E-state index in [0.29, 0.717) is 24.3 Å². The van der Waals surface area contributed by atoms with E-state index in [4.69, 9.17) is 4.74 Å². The number of aldehydes is 1. The third kappa shape index (κ3) is 3.80. The highest BCUT2D eigenvalue weighted by Crippen LogP contribution is 2.22. The predicted octanol–water partition coefficient (Wildman–Crippen LogP) is 3.14. The summed E-state index contributed by atoms with van der Waals surface area (Å²) in [5.41, 5.74) is 0.664. The molecule has 3 heteroatoms. The van der Waals surface area contributed by atoms with Gasteiger partial charge in [0.05, 0.1) is 0 Å². The summed E-state index contributed by atoms with van der Waals surface area (Å²) in [6, 6.07) is 8.62. The number of carbonyl (C=O) groups excluding carboxylic acids is 1. The molecule has 1 saturated heterocycles. The first-order valence-corrected chi connectivity index (χ1v) is 7.14. The third-order valence-corrected chi connectivity index (χ3v) is 3.99. The van der Waals surface area contributed by atoms with Crippen molar-refractivity contribution in [1.82, 2.24) is 4.90 Å². The quantitative estimate of drug-likeness (QED) is 0.763. The topological polar surface area (TPSA) is 29.5 Å². The largest absolute Gasteiger partial charge is 0.492 e. The molecule has 2 unspecified atom stereocenters. The van der Waals surface area contributed by atoms with Crippen LogP contribution in [0.25, 0.3) is 0 Å². The van der Waals surface area contributed by atoms with E-state index >= 15 is 0 Å². The number of nitrogens with zero attached hydrogens (tertiary/aromatic N) is 1. The standard InChI is InChI=1S/C16H23NO2/c1-13-5-3-6-14(2)17(13)9-10-19-16-8-4-7-15(11-16)12-18/h4,7-8,11-14H,3,5-6,9-10H2,1-2H3. The molecular formula is C16H23NO2. The van der Waals surface area contributed by atoms with E-state index in [2.05, 4.69) is 18.7 Å². The summed E-state index contributed by atoms with van der Waals surface area (Å²) in [5, 5.41) is 0. The van der Waals surface area contributed by atoms with Gasteiger partial charge in [-0.3, -0.25) is 9.69 Å². The van der Waals surface area contributed by atoms with Gasteiger partial charge in [-0.1, -0.05) is 18.6 Å². The monoisotopic (exact) mass is 261 g/mol. The predicted molar refractivity (Wildman–Crippen MR) is 76.8 cm³/mol. The molecule has 0 N–H and O–H groups in total. The molecule has 0 radical (unpaired) electrons. The van der Waals surface area contributed by atoms with Gasteiger partial charge in [0, 0.05) is 24.2 Å². The van der Waals surface area contributed by atoms with E-state index in [-0.39, 0.29) is 0 Å². The summed E-state index contributed by atoms with van der Waals surface area (Å²) in [7, 11) is 0. The van der Waals surface area contributed by atoms with Gasteiger partial charge in [0.15, 0.2) is 0 Å². The minimum atomic E-state index is 0.647. The molecule has 0 saturated carbocycles. The lowest BCUT2D eigenvalue weighted by Gasteiger charge is -2.38. The molecule has 2 rings (SSSR count). The molecule has 0 spiro atoms. The zero-order valence-corrected chi connectivity index (χ0v) is 11.8. The van der Waals surface area contributed by atoms with Crippen LogP contribution in [0, 0.1) is 0 Å². The SMILES string of the molecule is CC1CCCC(C)N1CCOc1cccc(C=O)c1. The second kappa shape index (κ2) is 6.71. The van der Waals surface area contributed by atoms with Crippen LogP contribution in [0.3, 0.4) is 0 Å². The minimum Gasteiger partial charge on any atom is -0.492 e. The number of piperidine rings is 1. The highest BCUT2D eigenvalue weighted by atomic mass is 16.5. The van der Waals surface area contributed by atoms with Crippen LogP contribution in [-0.2, 0) is 0 Å². The Morgan fingerprint density at radius 1 is 1.32 bits per heavy atom. The fourth-order valence-corrected chi connectivity index (χ4v) is 2.86. The molecule has 0 aromatic heterocycles. The van der Waals surface area contributed by atoms with Gasteiger partial charge >= 0.3 is 0 Å². The highest BCUT2D eigenvalue weighted by Gasteiger charge is 2.23. The molecule has 1 aliphatic heterocycles. The van der Waals surface area contributed by atoms with Crippen molar-refractivity contribution in [3.05, 3.63) is 29.8 Å². The zero-order chi connectivity index (χ0) is 13.7. The molecular weight excluding hydrogens is 238 g/mol. The van der Waals surface area contributed by atoms with Gasteiger partial charge in [-0.2, -0.15) is 0 Å². The first-order valence-electron chi connectivity index (χ1n) is 7.14. The van der Waals surface area contributed by atoms with Crippen LogP contribution in [0.2, 0.25) is 0 Å². The number of hydrogen-bond acceptors (Lipinski definition) is 3. The van der Waals surface area contributed by atoms with Crippen molar-refractivity contribution >= 4 is 6.29 Å². The van der Waals surface area contributed by atoms with Crippen molar-refractivity contribution in [2.24, 2.45) is 0 Å². The van der Waals surface area contributed by atoms with Crippen LogP contribution in [0.4, 0.5) is 0 Å².